The number of aromatic nitrogens is 2. The standard InChI is InChI=1S/C20H20N4O4/c1-28-20(25)17-13-16(7-8-18(17)24(26)27)21-10-9-19-22-11-12-23(19)14-15-5-3-2-4-6-15/h2-8,11-13,21H,9-10,14H2,1H3. The van der Waals surface area contributed by atoms with Gasteiger partial charge < -0.3 is 14.6 Å². The summed E-state index contributed by atoms with van der Waals surface area (Å²) in [5, 5.41) is 14.3. The zero-order valence-corrected chi connectivity index (χ0v) is 15.4. The van der Waals surface area contributed by atoms with E-state index in [1.165, 1.54) is 24.8 Å². The number of imidazole rings is 1. The van der Waals surface area contributed by atoms with Gasteiger partial charge in [-0.1, -0.05) is 30.3 Å². The van der Waals surface area contributed by atoms with Crippen LogP contribution in [-0.2, 0) is 17.7 Å². The second-order valence-electron chi connectivity index (χ2n) is 6.11. The molecule has 0 spiro atoms. The van der Waals surface area contributed by atoms with Gasteiger partial charge in [-0.05, 0) is 17.7 Å². The topological polar surface area (TPSA) is 99.3 Å². The lowest BCUT2D eigenvalue weighted by Gasteiger charge is -2.10. The Kier molecular flexibility index (Phi) is 6.01. The maximum Gasteiger partial charge on any atom is 0.344 e. The van der Waals surface area contributed by atoms with E-state index >= 15 is 0 Å². The van der Waals surface area contributed by atoms with Crippen LogP contribution in [-0.4, -0.2) is 34.1 Å². The lowest BCUT2D eigenvalue weighted by Crippen LogP contribution is -2.12. The third-order valence-corrected chi connectivity index (χ3v) is 4.27. The Labute approximate surface area is 161 Å². The highest BCUT2D eigenvalue weighted by Gasteiger charge is 2.21. The molecule has 0 aliphatic carbocycles. The Bertz CT molecular complexity index is 969. The second kappa shape index (κ2) is 8.81. The monoisotopic (exact) mass is 380 g/mol. The Morgan fingerprint density at radius 1 is 1.25 bits per heavy atom. The molecule has 1 aromatic heterocycles. The van der Waals surface area contributed by atoms with Crippen molar-refractivity contribution in [2.24, 2.45) is 0 Å². The normalized spacial score (nSPS) is 10.5. The van der Waals surface area contributed by atoms with Gasteiger partial charge in [-0.15, -0.1) is 0 Å². The highest BCUT2D eigenvalue weighted by molar-refractivity contribution is 5.95. The molecule has 144 valence electrons. The van der Waals surface area contributed by atoms with Crippen molar-refractivity contribution in [2.45, 2.75) is 13.0 Å². The van der Waals surface area contributed by atoms with Gasteiger partial charge in [-0.25, -0.2) is 9.78 Å². The van der Waals surface area contributed by atoms with E-state index in [2.05, 4.69) is 31.7 Å². The number of carbonyl (C=O) groups is 1. The summed E-state index contributed by atoms with van der Waals surface area (Å²) in [6, 6.07) is 14.4. The summed E-state index contributed by atoms with van der Waals surface area (Å²) < 4.78 is 6.71. The van der Waals surface area contributed by atoms with Crippen molar-refractivity contribution in [3.05, 3.63) is 88.0 Å². The first-order chi connectivity index (χ1) is 13.6. The number of nitrogens with zero attached hydrogens (tertiary/aromatic N) is 3. The van der Waals surface area contributed by atoms with E-state index in [-0.39, 0.29) is 11.3 Å². The Balaban J connectivity index is 1.65. The predicted octanol–water partition coefficient (Wildman–Crippen LogP) is 3.28. The van der Waals surface area contributed by atoms with E-state index in [9.17, 15) is 14.9 Å². The number of esters is 1. The van der Waals surface area contributed by atoms with Crippen LogP contribution in [0.25, 0.3) is 0 Å². The van der Waals surface area contributed by atoms with Crippen molar-refractivity contribution < 1.29 is 14.5 Å². The first-order valence-corrected chi connectivity index (χ1v) is 8.73. The third-order valence-electron chi connectivity index (χ3n) is 4.27. The number of nitro groups is 1. The summed E-state index contributed by atoms with van der Waals surface area (Å²) in [4.78, 5) is 26.7. The molecule has 0 unspecified atom stereocenters. The fourth-order valence-electron chi connectivity index (χ4n) is 2.89. The van der Waals surface area contributed by atoms with E-state index in [1.807, 2.05) is 24.4 Å². The molecule has 0 fully saturated rings. The lowest BCUT2D eigenvalue weighted by molar-refractivity contribution is -0.385. The SMILES string of the molecule is COC(=O)c1cc(NCCc2nccn2Cc2ccccc2)ccc1[N+](=O)[O-]. The summed E-state index contributed by atoms with van der Waals surface area (Å²) in [7, 11) is 1.19. The zero-order valence-electron chi connectivity index (χ0n) is 15.4. The molecule has 0 bridgehead atoms. The average Bonchev–Trinajstić information content (AvgIpc) is 3.14. The number of nitrogens with one attached hydrogen (secondary N) is 1. The maximum absolute atomic E-state index is 11.8. The summed E-state index contributed by atoms with van der Waals surface area (Å²) in [5.74, 6) is 0.181. The number of rotatable bonds is 8. The van der Waals surface area contributed by atoms with Crippen LogP contribution in [0.4, 0.5) is 11.4 Å². The smallest absolute Gasteiger partial charge is 0.344 e. The van der Waals surface area contributed by atoms with Crippen LogP contribution in [0.3, 0.4) is 0 Å². The van der Waals surface area contributed by atoms with Crippen molar-refractivity contribution in [1.82, 2.24) is 9.55 Å². The predicted molar refractivity (Wildman–Crippen MR) is 104 cm³/mol. The molecule has 1 heterocycles. The van der Waals surface area contributed by atoms with Crippen LogP contribution >= 0.6 is 0 Å². The number of anilines is 1. The number of carbonyl (C=O) groups excluding carboxylic acids is 1. The molecule has 0 saturated carbocycles. The molecule has 0 aliphatic rings. The Morgan fingerprint density at radius 3 is 2.75 bits per heavy atom. The molecule has 1 N–H and O–H groups in total. The van der Waals surface area contributed by atoms with Gasteiger partial charge in [-0.3, -0.25) is 10.1 Å². The molecule has 0 amide bonds. The number of hydrogen-bond acceptors (Lipinski definition) is 6. The molecular formula is C20H20N4O4. The first-order valence-electron chi connectivity index (χ1n) is 8.73. The number of benzene rings is 2. The number of nitro benzene ring substituents is 1. The molecule has 8 heteroatoms. The number of methoxy groups -OCH3 is 1. The van der Waals surface area contributed by atoms with Gasteiger partial charge in [0.1, 0.15) is 11.4 Å². The molecule has 0 atom stereocenters. The first kappa shape index (κ1) is 19.1. The summed E-state index contributed by atoms with van der Waals surface area (Å²) in [5.41, 5.74) is 1.43. The molecule has 3 rings (SSSR count). The van der Waals surface area contributed by atoms with Crippen LogP contribution in [0.2, 0.25) is 0 Å². The van der Waals surface area contributed by atoms with E-state index in [1.54, 1.807) is 12.3 Å². The lowest BCUT2D eigenvalue weighted by atomic mass is 10.1. The molecule has 3 aromatic rings. The Hall–Kier alpha value is -3.68. The van der Waals surface area contributed by atoms with Crippen LogP contribution in [0.15, 0.2) is 60.9 Å². The van der Waals surface area contributed by atoms with E-state index in [0.29, 0.717) is 18.7 Å². The van der Waals surface area contributed by atoms with Crippen LogP contribution in [0.1, 0.15) is 21.7 Å². The fraction of sp³-hybridized carbons (Fsp3) is 0.200. The highest BCUT2D eigenvalue weighted by Crippen LogP contribution is 2.23. The fourth-order valence-corrected chi connectivity index (χ4v) is 2.89. The van der Waals surface area contributed by atoms with Crippen molar-refractivity contribution in [3.8, 4) is 0 Å². The second-order valence-corrected chi connectivity index (χ2v) is 6.11. The maximum atomic E-state index is 11.8. The van der Waals surface area contributed by atoms with Gasteiger partial charge in [-0.2, -0.15) is 0 Å². The highest BCUT2D eigenvalue weighted by atomic mass is 16.6. The van der Waals surface area contributed by atoms with Gasteiger partial charge in [0.15, 0.2) is 0 Å². The van der Waals surface area contributed by atoms with Gasteiger partial charge in [0.05, 0.1) is 12.0 Å². The van der Waals surface area contributed by atoms with Crippen LogP contribution in [0.5, 0.6) is 0 Å². The minimum Gasteiger partial charge on any atom is -0.465 e. The van der Waals surface area contributed by atoms with Gasteiger partial charge >= 0.3 is 5.97 Å². The van der Waals surface area contributed by atoms with E-state index < -0.39 is 10.9 Å². The summed E-state index contributed by atoms with van der Waals surface area (Å²) >= 11 is 0. The molecule has 8 nitrogen and oxygen atoms in total. The minimum absolute atomic E-state index is 0.0805. The van der Waals surface area contributed by atoms with E-state index in [0.717, 1.165) is 12.4 Å². The minimum atomic E-state index is -0.742. The third kappa shape index (κ3) is 4.53. The van der Waals surface area contributed by atoms with Crippen molar-refractivity contribution in [3.63, 3.8) is 0 Å². The van der Waals surface area contributed by atoms with E-state index in [4.69, 9.17) is 0 Å². The Morgan fingerprint density at radius 2 is 2.04 bits per heavy atom. The largest absolute Gasteiger partial charge is 0.465 e. The molecule has 2 aromatic carbocycles. The summed E-state index contributed by atoms with van der Waals surface area (Å²) in [6.45, 7) is 1.30. The number of ether oxygens (including phenoxy) is 1. The van der Waals surface area contributed by atoms with Gasteiger partial charge in [0, 0.05) is 43.7 Å². The van der Waals surface area contributed by atoms with Crippen molar-refractivity contribution in [2.75, 3.05) is 19.0 Å². The van der Waals surface area contributed by atoms with Crippen LogP contribution < -0.4 is 5.32 Å². The van der Waals surface area contributed by atoms with Gasteiger partial charge in [0.2, 0.25) is 0 Å². The molecular weight excluding hydrogens is 360 g/mol. The number of hydrogen-bond donors (Lipinski definition) is 1. The molecule has 0 saturated heterocycles. The average molecular weight is 380 g/mol. The van der Waals surface area contributed by atoms with Gasteiger partial charge in [0.25, 0.3) is 5.69 Å². The van der Waals surface area contributed by atoms with Crippen molar-refractivity contribution >= 4 is 17.3 Å². The molecule has 0 radical (unpaired) electrons. The van der Waals surface area contributed by atoms with Crippen molar-refractivity contribution in [1.29, 1.82) is 0 Å². The van der Waals surface area contributed by atoms with Crippen LogP contribution in [0, 0.1) is 10.1 Å². The molecule has 0 aliphatic heterocycles. The molecule has 28 heavy (non-hydrogen) atoms. The zero-order chi connectivity index (χ0) is 19.9. The summed E-state index contributed by atoms with van der Waals surface area (Å²) in [6.07, 6.45) is 4.35. The quantitative estimate of drug-likeness (QED) is 0.366.